The van der Waals surface area contributed by atoms with Gasteiger partial charge in [0.1, 0.15) is 0 Å². The van der Waals surface area contributed by atoms with Gasteiger partial charge in [-0.15, -0.1) is 0 Å². The first-order valence-corrected chi connectivity index (χ1v) is 7.35. The number of rotatable bonds is 2. The highest BCUT2D eigenvalue weighted by atomic mass is 16.3. The van der Waals surface area contributed by atoms with Crippen LogP contribution in [0.2, 0.25) is 0 Å². The van der Waals surface area contributed by atoms with Crippen LogP contribution in [-0.2, 0) is 0 Å². The molecule has 3 N–H and O–H groups in total. The van der Waals surface area contributed by atoms with Gasteiger partial charge in [-0.1, -0.05) is 17.9 Å². The smallest absolute Gasteiger partial charge is 0.255 e. The molecule has 0 spiro atoms. The minimum Gasteiger partial charge on any atom is -0.396 e. The van der Waals surface area contributed by atoms with Gasteiger partial charge in [-0.05, 0) is 43.4 Å². The summed E-state index contributed by atoms with van der Waals surface area (Å²) >= 11 is 0. The molecule has 0 aliphatic carbocycles. The molecule has 1 aromatic rings. The number of hydrogen-bond donors (Lipinski definition) is 2. The minimum absolute atomic E-state index is 0.00512. The van der Waals surface area contributed by atoms with Crippen molar-refractivity contribution in [2.75, 3.05) is 26.2 Å². The van der Waals surface area contributed by atoms with Crippen LogP contribution in [0.1, 0.15) is 34.3 Å². The monoisotopic (exact) mass is 286 g/mol. The molecule has 1 aliphatic rings. The van der Waals surface area contributed by atoms with Crippen molar-refractivity contribution in [3.8, 4) is 11.8 Å². The summed E-state index contributed by atoms with van der Waals surface area (Å²) in [7, 11) is 0. The van der Waals surface area contributed by atoms with Crippen molar-refractivity contribution in [2.24, 2.45) is 11.7 Å². The van der Waals surface area contributed by atoms with E-state index in [4.69, 9.17) is 5.73 Å². The Morgan fingerprint density at radius 1 is 1.52 bits per heavy atom. The fourth-order valence-corrected chi connectivity index (χ4v) is 2.66. The van der Waals surface area contributed by atoms with Crippen molar-refractivity contribution in [3.05, 3.63) is 34.9 Å². The third-order valence-corrected chi connectivity index (χ3v) is 3.79. The van der Waals surface area contributed by atoms with E-state index in [-0.39, 0.29) is 25.0 Å². The van der Waals surface area contributed by atoms with E-state index in [1.807, 2.05) is 30.0 Å². The minimum atomic E-state index is -0.00512. The number of hydrogen-bond acceptors (Lipinski definition) is 3. The van der Waals surface area contributed by atoms with Gasteiger partial charge < -0.3 is 15.7 Å². The number of nitrogens with zero attached hydrogens (tertiary/aromatic N) is 1. The predicted molar refractivity (Wildman–Crippen MR) is 82.8 cm³/mol. The maximum absolute atomic E-state index is 12.7. The van der Waals surface area contributed by atoms with Gasteiger partial charge in [0.15, 0.2) is 0 Å². The summed E-state index contributed by atoms with van der Waals surface area (Å²) in [6, 6.07) is 5.68. The van der Waals surface area contributed by atoms with Gasteiger partial charge in [-0.3, -0.25) is 4.79 Å². The van der Waals surface area contributed by atoms with Gasteiger partial charge in [-0.2, -0.15) is 0 Å². The average Bonchev–Trinajstić information content (AvgIpc) is 2.52. The molecule has 4 heteroatoms. The van der Waals surface area contributed by atoms with Gasteiger partial charge in [0.2, 0.25) is 0 Å². The Morgan fingerprint density at radius 3 is 3.05 bits per heavy atom. The maximum Gasteiger partial charge on any atom is 0.255 e. The molecule has 1 aromatic carbocycles. The van der Waals surface area contributed by atoms with Crippen LogP contribution in [0.3, 0.4) is 0 Å². The van der Waals surface area contributed by atoms with Crippen molar-refractivity contribution in [1.82, 2.24) is 4.90 Å². The van der Waals surface area contributed by atoms with Crippen molar-refractivity contribution in [3.63, 3.8) is 0 Å². The molecule has 0 radical (unpaired) electrons. The summed E-state index contributed by atoms with van der Waals surface area (Å²) in [5.41, 5.74) is 7.85. The second-order valence-electron chi connectivity index (χ2n) is 5.50. The van der Waals surface area contributed by atoms with Crippen molar-refractivity contribution in [1.29, 1.82) is 0 Å². The standard InChI is InChI=1S/C17H22N2O2/c1-13-6-7-16(15(10-13)5-2-8-18)17(21)19-9-3-4-14(11-19)12-20/h6-7,10,14,20H,3-4,8-9,11-12,18H2,1H3. The zero-order valence-electron chi connectivity index (χ0n) is 12.4. The highest BCUT2D eigenvalue weighted by Crippen LogP contribution is 2.20. The van der Waals surface area contributed by atoms with E-state index >= 15 is 0 Å². The molecule has 21 heavy (non-hydrogen) atoms. The molecular weight excluding hydrogens is 264 g/mol. The van der Waals surface area contributed by atoms with Gasteiger partial charge >= 0.3 is 0 Å². The lowest BCUT2D eigenvalue weighted by atomic mass is 9.97. The lowest BCUT2D eigenvalue weighted by Crippen LogP contribution is -2.41. The number of aliphatic hydroxyl groups is 1. The Labute approximate surface area is 125 Å². The van der Waals surface area contributed by atoms with Crippen molar-refractivity contribution in [2.45, 2.75) is 19.8 Å². The second-order valence-corrected chi connectivity index (χ2v) is 5.50. The summed E-state index contributed by atoms with van der Waals surface area (Å²) in [5, 5.41) is 9.29. The Balaban J connectivity index is 2.26. The molecule has 1 aliphatic heterocycles. The maximum atomic E-state index is 12.7. The number of aliphatic hydroxyl groups excluding tert-OH is 1. The zero-order chi connectivity index (χ0) is 15.2. The molecule has 2 rings (SSSR count). The largest absolute Gasteiger partial charge is 0.396 e. The van der Waals surface area contributed by atoms with E-state index < -0.39 is 0 Å². The molecule has 4 nitrogen and oxygen atoms in total. The summed E-state index contributed by atoms with van der Waals surface area (Å²) in [6.07, 6.45) is 1.92. The molecule has 1 unspecified atom stereocenters. The van der Waals surface area contributed by atoms with Gasteiger partial charge in [0.25, 0.3) is 5.91 Å². The van der Waals surface area contributed by atoms with Crippen LogP contribution in [-0.4, -0.2) is 42.2 Å². The number of aryl methyl sites for hydroxylation is 1. The van der Waals surface area contributed by atoms with E-state index in [1.165, 1.54) is 0 Å². The number of benzene rings is 1. The van der Waals surface area contributed by atoms with Crippen LogP contribution in [0.25, 0.3) is 0 Å². The van der Waals surface area contributed by atoms with Crippen LogP contribution in [0.5, 0.6) is 0 Å². The summed E-state index contributed by atoms with van der Waals surface area (Å²) in [4.78, 5) is 14.5. The lowest BCUT2D eigenvalue weighted by molar-refractivity contribution is 0.0620. The number of carbonyl (C=O) groups is 1. The van der Waals surface area contributed by atoms with E-state index in [9.17, 15) is 9.90 Å². The van der Waals surface area contributed by atoms with Crippen molar-refractivity contribution >= 4 is 5.91 Å². The molecule has 1 amide bonds. The second kappa shape index (κ2) is 7.26. The normalized spacial score (nSPS) is 18.0. The summed E-state index contributed by atoms with van der Waals surface area (Å²) < 4.78 is 0. The highest BCUT2D eigenvalue weighted by Gasteiger charge is 2.25. The SMILES string of the molecule is Cc1ccc(C(=O)N2CCCC(CO)C2)c(C#CCN)c1. The molecule has 1 heterocycles. The first-order valence-electron chi connectivity index (χ1n) is 7.35. The first-order chi connectivity index (χ1) is 10.2. The Kier molecular flexibility index (Phi) is 5.38. The lowest BCUT2D eigenvalue weighted by Gasteiger charge is -2.32. The van der Waals surface area contributed by atoms with Gasteiger partial charge in [0.05, 0.1) is 12.1 Å². The van der Waals surface area contributed by atoms with Crippen LogP contribution >= 0.6 is 0 Å². The molecule has 1 atom stereocenters. The highest BCUT2D eigenvalue weighted by molar-refractivity contribution is 5.97. The first kappa shape index (κ1) is 15.6. The summed E-state index contributed by atoms with van der Waals surface area (Å²) in [6.45, 7) is 3.75. The zero-order valence-corrected chi connectivity index (χ0v) is 12.4. The van der Waals surface area contributed by atoms with E-state index in [1.54, 1.807) is 0 Å². The molecule has 0 saturated carbocycles. The number of likely N-dealkylation sites (tertiary alicyclic amines) is 1. The van der Waals surface area contributed by atoms with E-state index in [2.05, 4.69) is 11.8 Å². The van der Waals surface area contributed by atoms with Crippen molar-refractivity contribution < 1.29 is 9.90 Å². The fraction of sp³-hybridized carbons (Fsp3) is 0.471. The Hall–Kier alpha value is -1.83. The van der Waals surface area contributed by atoms with Gasteiger partial charge in [0, 0.05) is 25.3 Å². The molecule has 1 saturated heterocycles. The Morgan fingerprint density at radius 2 is 2.33 bits per heavy atom. The van der Waals surface area contributed by atoms with E-state index in [0.717, 1.165) is 30.5 Å². The number of nitrogens with two attached hydrogens (primary N) is 1. The van der Waals surface area contributed by atoms with Crippen LogP contribution in [0.4, 0.5) is 0 Å². The fourth-order valence-electron chi connectivity index (χ4n) is 2.66. The Bertz CT molecular complexity index is 572. The third kappa shape index (κ3) is 3.84. The van der Waals surface area contributed by atoms with Crippen LogP contribution < -0.4 is 5.73 Å². The number of amides is 1. The molecule has 1 fully saturated rings. The molecule has 0 aromatic heterocycles. The number of piperidine rings is 1. The number of carbonyl (C=O) groups excluding carboxylic acids is 1. The summed E-state index contributed by atoms with van der Waals surface area (Å²) in [5.74, 6) is 5.99. The molecular formula is C17H22N2O2. The van der Waals surface area contributed by atoms with Crippen LogP contribution in [0.15, 0.2) is 18.2 Å². The average molecular weight is 286 g/mol. The predicted octanol–water partition coefficient (Wildman–Crippen LogP) is 1.15. The molecule has 0 bridgehead atoms. The third-order valence-electron chi connectivity index (χ3n) is 3.79. The molecule has 112 valence electrons. The topological polar surface area (TPSA) is 66.6 Å². The van der Waals surface area contributed by atoms with Gasteiger partial charge in [-0.25, -0.2) is 0 Å². The van der Waals surface area contributed by atoms with Crippen LogP contribution in [0, 0.1) is 24.7 Å². The quantitative estimate of drug-likeness (QED) is 0.802. The van der Waals surface area contributed by atoms with E-state index in [0.29, 0.717) is 12.1 Å².